The molecule has 0 fully saturated rings. The molecule has 0 aliphatic carbocycles. The van der Waals surface area contributed by atoms with Crippen molar-refractivity contribution in [2.45, 2.75) is 32.9 Å². The van der Waals surface area contributed by atoms with Crippen molar-refractivity contribution in [3.63, 3.8) is 0 Å². The van der Waals surface area contributed by atoms with Crippen LogP contribution in [0.25, 0.3) is 16.9 Å². The molecule has 3 aromatic heterocycles. The highest BCUT2D eigenvalue weighted by Gasteiger charge is 2.22. The minimum atomic E-state index is -0.453. The van der Waals surface area contributed by atoms with Crippen molar-refractivity contribution >= 4 is 11.6 Å². The van der Waals surface area contributed by atoms with Crippen LogP contribution in [-0.2, 0) is 11.3 Å². The van der Waals surface area contributed by atoms with Crippen LogP contribution in [0, 0.1) is 11.7 Å². The zero-order chi connectivity index (χ0) is 22.7. The molecule has 0 saturated heterocycles. The van der Waals surface area contributed by atoms with Gasteiger partial charge in [0.15, 0.2) is 11.5 Å². The van der Waals surface area contributed by atoms with Crippen LogP contribution < -0.4 is 10.9 Å². The molecule has 1 amide bonds. The number of carbonyl (C=O) groups is 1. The van der Waals surface area contributed by atoms with E-state index in [1.165, 1.54) is 18.2 Å². The number of carbonyl (C=O) groups excluding carboxylic acids is 1. The molecule has 164 valence electrons. The highest BCUT2D eigenvalue weighted by atomic mass is 19.1. The molecule has 9 heteroatoms. The predicted octanol–water partition coefficient (Wildman–Crippen LogP) is 3.00. The fourth-order valence-electron chi connectivity index (χ4n) is 3.55. The number of fused-ring (bicyclic) bond motifs is 1. The van der Waals surface area contributed by atoms with E-state index in [4.69, 9.17) is 0 Å². The second-order valence-corrected chi connectivity index (χ2v) is 7.93. The lowest BCUT2D eigenvalue weighted by molar-refractivity contribution is -0.122. The lowest BCUT2D eigenvalue weighted by atomic mass is 10.0. The zero-order valence-electron chi connectivity index (χ0n) is 17.8. The van der Waals surface area contributed by atoms with E-state index in [-0.39, 0.29) is 23.7 Å². The van der Waals surface area contributed by atoms with Crippen LogP contribution in [0.15, 0.2) is 65.6 Å². The Morgan fingerprint density at radius 2 is 1.84 bits per heavy atom. The molecule has 0 radical (unpaired) electrons. The summed E-state index contributed by atoms with van der Waals surface area (Å²) < 4.78 is 17.0. The zero-order valence-corrected chi connectivity index (χ0v) is 17.8. The number of benzene rings is 1. The van der Waals surface area contributed by atoms with E-state index >= 15 is 0 Å². The summed E-state index contributed by atoms with van der Waals surface area (Å²) in [7, 11) is 0. The molecular weight excluding hydrogens is 411 g/mol. The average Bonchev–Trinajstić information content (AvgIpc) is 3.19. The molecule has 4 rings (SSSR count). The molecule has 1 atom stereocenters. The third-order valence-electron chi connectivity index (χ3n) is 5.00. The lowest BCUT2D eigenvalue weighted by Crippen LogP contribution is -2.36. The van der Waals surface area contributed by atoms with Gasteiger partial charge in [-0.3, -0.25) is 14.0 Å². The van der Waals surface area contributed by atoms with Crippen LogP contribution in [0.1, 0.15) is 32.1 Å². The van der Waals surface area contributed by atoms with Crippen molar-refractivity contribution in [2.75, 3.05) is 0 Å². The van der Waals surface area contributed by atoms with Crippen LogP contribution >= 0.6 is 0 Å². The molecule has 32 heavy (non-hydrogen) atoms. The Hall–Kier alpha value is -3.88. The third kappa shape index (κ3) is 4.56. The van der Waals surface area contributed by atoms with Gasteiger partial charge in [0.1, 0.15) is 12.4 Å². The molecule has 0 bridgehead atoms. The first-order chi connectivity index (χ1) is 15.4. The maximum absolute atomic E-state index is 14.1. The van der Waals surface area contributed by atoms with Crippen molar-refractivity contribution in [3.8, 4) is 11.3 Å². The minimum Gasteiger partial charge on any atom is -0.344 e. The van der Waals surface area contributed by atoms with Crippen molar-refractivity contribution in [2.24, 2.45) is 5.92 Å². The maximum Gasteiger partial charge on any atom is 0.267 e. The molecule has 4 aromatic rings. The maximum atomic E-state index is 14.1. The van der Waals surface area contributed by atoms with Gasteiger partial charge in [-0.05, 0) is 42.7 Å². The van der Waals surface area contributed by atoms with Gasteiger partial charge in [0.2, 0.25) is 5.91 Å². The number of aromatic nitrogens is 5. The van der Waals surface area contributed by atoms with Crippen molar-refractivity contribution in [1.29, 1.82) is 0 Å². The number of rotatable bonds is 7. The number of hydrogen-bond acceptors (Lipinski definition) is 5. The van der Waals surface area contributed by atoms with Gasteiger partial charge in [-0.2, -0.15) is 5.10 Å². The fraction of sp³-hybridized carbons (Fsp3) is 0.261. The Labute approximate surface area is 183 Å². The van der Waals surface area contributed by atoms with Gasteiger partial charge in [0, 0.05) is 17.8 Å². The molecular formula is C23H23FN6O2. The van der Waals surface area contributed by atoms with E-state index in [2.05, 4.69) is 20.6 Å². The fourth-order valence-corrected chi connectivity index (χ4v) is 3.55. The first kappa shape index (κ1) is 21.4. The van der Waals surface area contributed by atoms with Gasteiger partial charge >= 0.3 is 0 Å². The number of halogens is 1. The van der Waals surface area contributed by atoms with Gasteiger partial charge in [0.25, 0.3) is 5.56 Å². The average molecular weight is 434 g/mol. The molecule has 8 nitrogen and oxygen atoms in total. The number of pyridine rings is 1. The first-order valence-electron chi connectivity index (χ1n) is 10.3. The largest absolute Gasteiger partial charge is 0.344 e. The van der Waals surface area contributed by atoms with Crippen LogP contribution in [0.5, 0.6) is 0 Å². The number of nitrogens with zero attached hydrogens (tertiary/aromatic N) is 5. The van der Waals surface area contributed by atoms with Crippen molar-refractivity contribution in [1.82, 2.24) is 29.7 Å². The second-order valence-electron chi connectivity index (χ2n) is 7.93. The van der Waals surface area contributed by atoms with Gasteiger partial charge in [-0.25, -0.2) is 9.07 Å². The summed E-state index contributed by atoms with van der Waals surface area (Å²) in [4.78, 5) is 25.2. The van der Waals surface area contributed by atoms with Gasteiger partial charge in [-0.15, -0.1) is 10.2 Å². The normalized spacial score (nSPS) is 12.2. The van der Waals surface area contributed by atoms with E-state index in [0.717, 1.165) is 4.68 Å². The van der Waals surface area contributed by atoms with Crippen LogP contribution in [-0.4, -0.2) is 30.3 Å². The van der Waals surface area contributed by atoms with Gasteiger partial charge < -0.3 is 5.32 Å². The molecule has 0 spiro atoms. The van der Waals surface area contributed by atoms with E-state index < -0.39 is 23.3 Å². The standard InChI is InChI=1S/C23H23FN6O2/c1-15(2)13-19(23-27-26-20-9-5-6-12-29(20)23)25-21(31)14-30-22(32)11-10-18(28-30)16-7-3-4-8-17(16)24/h3-12,15,19H,13-14H2,1-2H3,(H,25,31). The Kier molecular flexibility index (Phi) is 6.07. The molecule has 0 aliphatic rings. The smallest absolute Gasteiger partial charge is 0.267 e. The molecule has 0 saturated carbocycles. The van der Waals surface area contributed by atoms with E-state index in [0.29, 0.717) is 17.9 Å². The van der Waals surface area contributed by atoms with Crippen molar-refractivity contribution < 1.29 is 9.18 Å². The highest BCUT2D eigenvalue weighted by molar-refractivity contribution is 5.76. The summed E-state index contributed by atoms with van der Waals surface area (Å²) in [5.74, 6) is 0.0404. The summed E-state index contributed by atoms with van der Waals surface area (Å²) in [6, 6.07) is 14.0. The number of amides is 1. The monoisotopic (exact) mass is 434 g/mol. The van der Waals surface area contributed by atoms with Crippen molar-refractivity contribution in [3.05, 3.63) is 82.8 Å². The topological polar surface area (TPSA) is 94.2 Å². The number of hydrogen-bond donors (Lipinski definition) is 1. The van der Waals surface area contributed by atoms with E-state index in [9.17, 15) is 14.0 Å². The summed E-state index contributed by atoms with van der Waals surface area (Å²) in [5.41, 5.74) is 0.765. The molecule has 1 unspecified atom stereocenters. The van der Waals surface area contributed by atoms with Crippen LogP contribution in [0.4, 0.5) is 4.39 Å². The third-order valence-corrected chi connectivity index (χ3v) is 5.00. The summed E-state index contributed by atoms with van der Waals surface area (Å²) in [6.07, 6.45) is 2.48. The highest BCUT2D eigenvalue weighted by Crippen LogP contribution is 2.21. The summed E-state index contributed by atoms with van der Waals surface area (Å²) in [5, 5.41) is 15.6. The SMILES string of the molecule is CC(C)CC(NC(=O)Cn1nc(-c2ccccc2F)ccc1=O)c1nnc2ccccn12. The lowest BCUT2D eigenvalue weighted by Gasteiger charge is -2.19. The Balaban J connectivity index is 1.58. The minimum absolute atomic E-state index is 0.259. The number of nitrogens with one attached hydrogen (secondary N) is 1. The second kappa shape index (κ2) is 9.09. The Bertz CT molecular complexity index is 1310. The van der Waals surface area contributed by atoms with Gasteiger partial charge in [0.05, 0.1) is 11.7 Å². The van der Waals surface area contributed by atoms with Crippen LogP contribution in [0.2, 0.25) is 0 Å². The molecule has 1 N–H and O–H groups in total. The predicted molar refractivity (Wildman–Crippen MR) is 117 cm³/mol. The first-order valence-corrected chi connectivity index (χ1v) is 10.3. The summed E-state index contributed by atoms with van der Waals surface area (Å²) in [6.45, 7) is 3.80. The Morgan fingerprint density at radius 1 is 1.06 bits per heavy atom. The van der Waals surface area contributed by atoms with Crippen LogP contribution in [0.3, 0.4) is 0 Å². The molecule has 1 aromatic carbocycles. The Morgan fingerprint density at radius 3 is 2.62 bits per heavy atom. The molecule has 3 heterocycles. The van der Waals surface area contributed by atoms with Gasteiger partial charge in [-0.1, -0.05) is 32.0 Å². The van der Waals surface area contributed by atoms with E-state index in [1.807, 2.05) is 42.6 Å². The quantitative estimate of drug-likeness (QED) is 0.483. The summed E-state index contributed by atoms with van der Waals surface area (Å²) >= 11 is 0. The molecule has 0 aliphatic heterocycles. The van der Waals surface area contributed by atoms with E-state index in [1.54, 1.807) is 18.2 Å².